The fourth-order valence-corrected chi connectivity index (χ4v) is 4.21. The highest BCUT2D eigenvalue weighted by atomic mass is 79.9. The van der Waals surface area contributed by atoms with Gasteiger partial charge in [0, 0.05) is 15.7 Å². The first-order valence-corrected chi connectivity index (χ1v) is 12.3. The zero-order chi connectivity index (χ0) is 27.2. The van der Waals surface area contributed by atoms with Crippen molar-refractivity contribution in [2.75, 3.05) is 27.1 Å². The first-order chi connectivity index (χ1) is 18.3. The Labute approximate surface area is 226 Å². The monoisotopic (exact) mass is 588 g/mol. The highest BCUT2D eigenvalue weighted by Gasteiger charge is 2.32. The van der Waals surface area contributed by atoms with Crippen LogP contribution in [0.25, 0.3) is 0 Å². The van der Waals surface area contributed by atoms with E-state index in [1.54, 1.807) is 44.2 Å². The average molecular weight is 589 g/mol. The number of esters is 1. The number of hydrazone groups is 1. The van der Waals surface area contributed by atoms with Crippen molar-refractivity contribution in [3.8, 4) is 23.0 Å². The van der Waals surface area contributed by atoms with Gasteiger partial charge in [-0.2, -0.15) is 5.10 Å². The van der Waals surface area contributed by atoms with Gasteiger partial charge in [0.25, 0.3) is 5.91 Å². The van der Waals surface area contributed by atoms with Crippen LogP contribution in [0.3, 0.4) is 0 Å². The van der Waals surface area contributed by atoms with Crippen molar-refractivity contribution in [2.24, 2.45) is 5.10 Å². The van der Waals surface area contributed by atoms with Crippen LogP contribution in [0.4, 0.5) is 4.79 Å². The zero-order valence-electron chi connectivity index (χ0n) is 20.8. The van der Waals surface area contributed by atoms with E-state index in [0.29, 0.717) is 34.1 Å². The summed E-state index contributed by atoms with van der Waals surface area (Å²) in [5.41, 5.74) is 4.31. The first kappa shape index (κ1) is 26.8. The quantitative estimate of drug-likeness (QED) is 0.230. The number of methoxy groups -OCH3 is 1. The first-order valence-electron chi connectivity index (χ1n) is 11.5. The number of benzene rings is 2. The maximum absolute atomic E-state index is 12.5. The molecule has 0 unspecified atom stereocenters. The third-order valence-electron chi connectivity index (χ3n) is 5.53. The summed E-state index contributed by atoms with van der Waals surface area (Å²) < 4.78 is 27.6. The van der Waals surface area contributed by atoms with Crippen LogP contribution in [0.5, 0.6) is 23.0 Å². The molecule has 1 atom stereocenters. The second kappa shape index (κ2) is 11.9. The van der Waals surface area contributed by atoms with Gasteiger partial charge >= 0.3 is 12.0 Å². The molecule has 13 heteroatoms. The number of allylic oxidation sites excluding steroid dienone is 1. The normalized spacial score (nSPS) is 16.1. The van der Waals surface area contributed by atoms with E-state index in [0.717, 1.165) is 4.47 Å². The maximum atomic E-state index is 12.5. The molecule has 0 spiro atoms. The van der Waals surface area contributed by atoms with Crippen molar-refractivity contribution >= 4 is 40.1 Å². The highest BCUT2D eigenvalue weighted by Crippen LogP contribution is 2.36. The van der Waals surface area contributed by atoms with Gasteiger partial charge in [0.2, 0.25) is 6.79 Å². The van der Waals surface area contributed by atoms with E-state index in [1.807, 2.05) is 0 Å². The molecule has 0 aliphatic carbocycles. The molecule has 0 aromatic heterocycles. The molecule has 2 aromatic carbocycles. The van der Waals surface area contributed by atoms with Gasteiger partial charge in [0.1, 0.15) is 0 Å². The molecule has 2 aromatic rings. The Bertz CT molecular complexity index is 1330. The minimum atomic E-state index is -0.765. The van der Waals surface area contributed by atoms with E-state index in [2.05, 4.69) is 37.1 Å². The van der Waals surface area contributed by atoms with E-state index in [4.69, 9.17) is 23.7 Å². The molecule has 12 nitrogen and oxygen atoms in total. The minimum Gasteiger partial charge on any atom is -0.493 e. The molecule has 2 heterocycles. The second-order valence-electron chi connectivity index (χ2n) is 8.01. The molecule has 0 bridgehead atoms. The average Bonchev–Trinajstić information content (AvgIpc) is 3.34. The van der Waals surface area contributed by atoms with Gasteiger partial charge in [0.15, 0.2) is 29.6 Å². The van der Waals surface area contributed by atoms with Crippen LogP contribution in [-0.4, -0.2) is 51.2 Å². The van der Waals surface area contributed by atoms with E-state index in [9.17, 15) is 14.4 Å². The lowest BCUT2D eigenvalue weighted by Crippen LogP contribution is -2.45. The minimum absolute atomic E-state index is 0.149. The Morgan fingerprint density at radius 3 is 2.71 bits per heavy atom. The smallest absolute Gasteiger partial charge is 0.338 e. The lowest BCUT2D eigenvalue weighted by atomic mass is 9.95. The predicted molar refractivity (Wildman–Crippen MR) is 138 cm³/mol. The summed E-state index contributed by atoms with van der Waals surface area (Å²) in [7, 11) is 1.44. The summed E-state index contributed by atoms with van der Waals surface area (Å²) in [6.07, 6.45) is 1.46. The number of nitrogens with zero attached hydrogens (tertiary/aromatic N) is 1. The Hall–Kier alpha value is -4.26. The number of rotatable bonds is 9. The number of urea groups is 1. The SMILES string of the molecule is CCOC(=O)C1=C(C)NC(=O)N[C@H]1c1ccc(OCC(=O)N/N=C\c2cc3c(cc2Br)OCO3)c(OC)c1. The predicted octanol–water partition coefficient (Wildman–Crippen LogP) is 2.91. The maximum Gasteiger partial charge on any atom is 0.338 e. The lowest BCUT2D eigenvalue weighted by molar-refractivity contribution is -0.139. The van der Waals surface area contributed by atoms with Gasteiger partial charge in [-0.3, -0.25) is 4.79 Å². The number of carbonyl (C=O) groups excluding carboxylic acids is 3. The summed E-state index contributed by atoms with van der Waals surface area (Å²) in [4.78, 5) is 36.9. The van der Waals surface area contributed by atoms with E-state index in [-0.39, 0.29) is 31.3 Å². The van der Waals surface area contributed by atoms with Crippen molar-refractivity contribution in [1.82, 2.24) is 16.1 Å². The summed E-state index contributed by atoms with van der Waals surface area (Å²) in [5, 5.41) is 9.26. The third-order valence-corrected chi connectivity index (χ3v) is 6.22. The molecule has 2 aliphatic rings. The van der Waals surface area contributed by atoms with Gasteiger partial charge in [-0.15, -0.1) is 0 Å². The third kappa shape index (κ3) is 5.99. The summed E-state index contributed by atoms with van der Waals surface area (Å²) in [5.74, 6) is 0.746. The van der Waals surface area contributed by atoms with Gasteiger partial charge in [0.05, 0.1) is 31.5 Å². The molecule has 4 rings (SSSR count). The number of hydrogen-bond donors (Lipinski definition) is 3. The van der Waals surface area contributed by atoms with Crippen molar-refractivity contribution in [2.45, 2.75) is 19.9 Å². The number of ether oxygens (including phenoxy) is 5. The summed E-state index contributed by atoms with van der Waals surface area (Å²) >= 11 is 3.42. The van der Waals surface area contributed by atoms with Crippen LogP contribution in [0.2, 0.25) is 0 Å². The summed E-state index contributed by atoms with van der Waals surface area (Å²) in [6, 6.07) is 7.13. The van der Waals surface area contributed by atoms with Crippen molar-refractivity contribution in [1.29, 1.82) is 0 Å². The van der Waals surface area contributed by atoms with E-state index >= 15 is 0 Å². The standard InChI is InChI=1S/C25H25BrN4O8/c1-4-35-24(32)22-13(2)28-25(33)29-23(22)14-5-6-17(18(7-14)34-3)36-11-21(31)30-27-10-15-8-19-20(9-16(15)26)38-12-37-19/h5-10,23H,4,11-12H2,1-3H3,(H,30,31)(H2,28,29,33)/b27-10-/t23-/m0/s1. The van der Waals surface area contributed by atoms with Gasteiger partial charge in [-0.05, 0) is 59.6 Å². The number of carbonyl (C=O) groups is 3. The van der Waals surface area contributed by atoms with Gasteiger partial charge in [-0.1, -0.05) is 6.07 Å². The molecular formula is C25H25BrN4O8. The summed E-state index contributed by atoms with van der Waals surface area (Å²) in [6.45, 7) is 3.32. The van der Waals surface area contributed by atoms with Crippen molar-refractivity contribution < 1.29 is 38.1 Å². The lowest BCUT2D eigenvalue weighted by Gasteiger charge is -2.28. The topological polar surface area (TPSA) is 146 Å². The van der Waals surface area contributed by atoms with Gasteiger partial charge < -0.3 is 34.3 Å². The number of fused-ring (bicyclic) bond motifs is 1. The van der Waals surface area contributed by atoms with Crippen LogP contribution >= 0.6 is 15.9 Å². The van der Waals surface area contributed by atoms with Crippen molar-refractivity contribution in [3.05, 3.63) is 57.2 Å². The van der Waals surface area contributed by atoms with Crippen LogP contribution in [0.1, 0.15) is 31.0 Å². The Kier molecular flexibility index (Phi) is 8.36. The van der Waals surface area contributed by atoms with Crippen molar-refractivity contribution in [3.63, 3.8) is 0 Å². The Morgan fingerprint density at radius 1 is 1.21 bits per heavy atom. The number of nitrogens with one attached hydrogen (secondary N) is 3. The van der Waals surface area contributed by atoms with Crippen LogP contribution in [-0.2, 0) is 14.3 Å². The number of hydrogen-bond acceptors (Lipinski definition) is 9. The molecule has 3 N–H and O–H groups in total. The Balaban J connectivity index is 1.41. The zero-order valence-corrected chi connectivity index (χ0v) is 22.3. The molecule has 0 fully saturated rings. The largest absolute Gasteiger partial charge is 0.493 e. The van der Waals surface area contributed by atoms with Crippen LogP contribution in [0, 0.1) is 0 Å². The molecule has 0 saturated heterocycles. The molecular weight excluding hydrogens is 564 g/mol. The molecule has 38 heavy (non-hydrogen) atoms. The molecule has 2 aliphatic heterocycles. The van der Waals surface area contributed by atoms with E-state index < -0.39 is 23.9 Å². The molecule has 3 amide bonds. The van der Waals surface area contributed by atoms with Gasteiger partial charge in [-0.25, -0.2) is 15.0 Å². The highest BCUT2D eigenvalue weighted by molar-refractivity contribution is 9.10. The second-order valence-corrected chi connectivity index (χ2v) is 8.86. The number of halogens is 1. The van der Waals surface area contributed by atoms with E-state index in [1.165, 1.54) is 13.3 Å². The fraction of sp³-hybridized carbons (Fsp3) is 0.280. The molecule has 0 saturated carbocycles. The molecule has 200 valence electrons. The van der Waals surface area contributed by atoms with Crippen LogP contribution in [0.15, 0.2) is 51.2 Å². The Morgan fingerprint density at radius 2 is 1.97 bits per heavy atom. The van der Waals surface area contributed by atoms with Crippen LogP contribution < -0.4 is 35.0 Å². The number of amides is 3. The molecule has 0 radical (unpaired) electrons. The fourth-order valence-electron chi connectivity index (χ4n) is 3.79.